The zero-order chi connectivity index (χ0) is 8.39. The van der Waals surface area contributed by atoms with Gasteiger partial charge in [-0.1, -0.05) is 19.8 Å². The van der Waals surface area contributed by atoms with Crippen molar-refractivity contribution in [3.8, 4) is 0 Å². The van der Waals surface area contributed by atoms with E-state index in [0.29, 0.717) is 6.04 Å². The summed E-state index contributed by atoms with van der Waals surface area (Å²) >= 11 is 0. The van der Waals surface area contributed by atoms with Crippen molar-refractivity contribution in [3.63, 3.8) is 0 Å². The minimum Gasteiger partial charge on any atom is -0.378 e. The molecule has 0 radical (unpaired) electrons. The van der Waals surface area contributed by atoms with Gasteiger partial charge in [-0.25, -0.2) is 0 Å². The van der Waals surface area contributed by atoms with Crippen molar-refractivity contribution in [1.82, 2.24) is 5.32 Å². The maximum Gasteiger partial charge on any atom is 0.0643 e. The molecule has 12 heavy (non-hydrogen) atoms. The zero-order valence-corrected chi connectivity index (χ0v) is 7.88. The summed E-state index contributed by atoms with van der Waals surface area (Å²) in [6.45, 7) is 5.47. The summed E-state index contributed by atoms with van der Waals surface area (Å²) in [6.07, 6.45) is 4.31. The molecular weight excluding hydrogens is 150 g/mol. The topological polar surface area (TPSA) is 21.3 Å². The second-order valence-corrected chi connectivity index (χ2v) is 4.31. The molecule has 0 amide bonds. The summed E-state index contributed by atoms with van der Waals surface area (Å²) in [6, 6.07) is 0.665. The quantitative estimate of drug-likeness (QED) is 0.689. The van der Waals surface area contributed by atoms with Gasteiger partial charge in [0.1, 0.15) is 0 Å². The van der Waals surface area contributed by atoms with E-state index in [2.05, 4.69) is 12.2 Å². The molecule has 2 heteroatoms. The molecule has 1 aliphatic heterocycles. The Morgan fingerprint density at radius 1 is 1.33 bits per heavy atom. The highest BCUT2D eigenvalue weighted by molar-refractivity contribution is 4.80. The van der Waals surface area contributed by atoms with Crippen molar-refractivity contribution >= 4 is 0 Å². The molecule has 1 aliphatic carbocycles. The van der Waals surface area contributed by atoms with Crippen LogP contribution >= 0.6 is 0 Å². The van der Waals surface area contributed by atoms with Gasteiger partial charge in [0.25, 0.3) is 0 Å². The predicted molar refractivity (Wildman–Crippen MR) is 49.1 cm³/mol. The Morgan fingerprint density at radius 3 is 2.67 bits per heavy atom. The Hall–Kier alpha value is -0.0800. The lowest BCUT2D eigenvalue weighted by Gasteiger charge is -2.29. The Balaban J connectivity index is 1.64. The van der Waals surface area contributed by atoms with Crippen LogP contribution in [-0.2, 0) is 4.74 Å². The zero-order valence-electron chi connectivity index (χ0n) is 7.88. The monoisotopic (exact) mass is 169 g/mol. The lowest BCUT2D eigenvalue weighted by atomic mass is 9.98. The van der Waals surface area contributed by atoms with Gasteiger partial charge in [-0.3, -0.25) is 0 Å². The molecule has 2 aliphatic rings. The van der Waals surface area contributed by atoms with E-state index in [-0.39, 0.29) is 0 Å². The molecule has 1 N–H and O–H groups in total. The second-order valence-electron chi connectivity index (χ2n) is 4.31. The molecule has 0 aromatic heterocycles. The molecule has 70 valence electrons. The van der Waals surface area contributed by atoms with Gasteiger partial charge in [0.05, 0.1) is 19.3 Å². The van der Waals surface area contributed by atoms with Crippen LogP contribution in [-0.4, -0.2) is 25.8 Å². The molecule has 0 bridgehead atoms. The first-order valence-corrected chi connectivity index (χ1v) is 5.17. The molecule has 2 unspecified atom stereocenters. The average molecular weight is 169 g/mol. The molecule has 2 fully saturated rings. The maximum absolute atomic E-state index is 5.11. The van der Waals surface area contributed by atoms with Crippen molar-refractivity contribution in [3.05, 3.63) is 0 Å². The minimum atomic E-state index is 0.665. The normalized spacial score (nSPS) is 36.8. The second kappa shape index (κ2) is 3.75. The van der Waals surface area contributed by atoms with E-state index in [1.165, 1.54) is 25.8 Å². The van der Waals surface area contributed by atoms with Gasteiger partial charge in [-0.15, -0.1) is 0 Å². The fourth-order valence-electron chi connectivity index (χ4n) is 2.20. The van der Waals surface area contributed by atoms with Crippen LogP contribution in [0, 0.1) is 11.8 Å². The van der Waals surface area contributed by atoms with E-state index in [4.69, 9.17) is 4.74 Å². The van der Waals surface area contributed by atoms with E-state index in [9.17, 15) is 0 Å². The highest BCUT2D eigenvalue weighted by atomic mass is 16.5. The van der Waals surface area contributed by atoms with E-state index >= 15 is 0 Å². The number of nitrogens with one attached hydrogen (secondary N) is 1. The highest BCUT2D eigenvalue weighted by Crippen LogP contribution is 2.30. The molecule has 0 aromatic carbocycles. The fraction of sp³-hybridized carbons (Fsp3) is 1.00. The SMILES string of the molecule is CC1CCCC1CNC1COC1. The molecule has 0 spiro atoms. The van der Waals surface area contributed by atoms with Crippen LogP contribution in [0.25, 0.3) is 0 Å². The molecular formula is C10H19NO. The van der Waals surface area contributed by atoms with E-state index < -0.39 is 0 Å². The molecule has 2 atom stereocenters. The van der Waals surface area contributed by atoms with Gasteiger partial charge < -0.3 is 10.1 Å². The van der Waals surface area contributed by atoms with Gasteiger partial charge in [0.15, 0.2) is 0 Å². The van der Waals surface area contributed by atoms with Crippen molar-refractivity contribution in [2.75, 3.05) is 19.8 Å². The molecule has 1 heterocycles. The van der Waals surface area contributed by atoms with Crippen molar-refractivity contribution in [2.45, 2.75) is 32.2 Å². The number of rotatable bonds is 3. The molecule has 2 nitrogen and oxygen atoms in total. The lowest BCUT2D eigenvalue weighted by Crippen LogP contribution is -2.47. The summed E-state index contributed by atoms with van der Waals surface area (Å²) in [5.41, 5.74) is 0. The smallest absolute Gasteiger partial charge is 0.0643 e. The van der Waals surface area contributed by atoms with E-state index in [0.717, 1.165) is 25.0 Å². The van der Waals surface area contributed by atoms with Crippen molar-refractivity contribution in [2.24, 2.45) is 11.8 Å². The summed E-state index contributed by atoms with van der Waals surface area (Å²) in [7, 11) is 0. The van der Waals surface area contributed by atoms with Crippen LogP contribution in [0.2, 0.25) is 0 Å². The lowest BCUT2D eigenvalue weighted by molar-refractivity contribution is -0.00694. The van der Waals surface area contributed by atoms with Crippen LogP contribution < -0.4 is 5.32 Å². The van der Waals surface area contributed by atoms with Crippen LogP contribution in [0.3, 0.4) is 0 Å². The first-order valence-electron chi connectivity index (χ1n) is 5.17. The Bertz CT molecular complexity index is 145. The van der Waals surface area contributed by atoms with Crippen LogP contribution in [0.5, 0.6) is 0 Å². The van der Waals surface area contributed by atoms with E-state index in [1.807, 2.05) is 0 Å². The largest absolute Gasteiger partial charge is 0.378 e. The van der Waals surface area contributed by atoms with Gasteiger partial charge >= 0.3 is 0 Å². The number of hydrogen-bond donors (Lipinski definition) is 1. The standard InChI is InChI=1S/C10H19NO/c1-8-3-2-4-9(8)5-11-10-6-12-7-10/h8-11H,2-7H2,1H3. The predicted octanol–water partition coefficient (Wildman–Crippen LogP) is 1.41. The van der Waals surface area contributed by atoms with Gasteiger partial charge in [0, 0.05) is 0 Å². The Kier molecular flexibility index (Phi) is 2.66. The Morgan fingerprint density at radius 2 is 2.17 bits per heavy atom. The minimum absolute atomic E-state index is 0.665. The molecule has 1 saturated heterocycles. The Labute approximate surface area is 74.7 Å². The fourth-order valence-corrected chi connectivity index (χ4v) is 2.20. The molecule has 0 aromatic rings. The van der Waals surface area contributed by atoms with E-state index in [1.54, 1.807) is 0 Å². The summed E-state index contributed by atoms with van der Waals surface area (Å²) in [5.74, 6) is 1.88. The third-order valence-corrected chi connectivity index (χ3v) is 3.35. The van der Waals surface area contributed by atoms with Gasteiger partial charge in [0.2, 0.25) is 0 Å². The van der Waals surface area contributed by atoms with Gasteiger partial charge in [-0.2, -0.15) is 0 Å². The van der Waals surface area contributed by atoms with Crippen LogP contribution in [0.4, 0.5) is 0 Å². The highest BCUT2D eigenvalue weighted by Gasteiger charge is 2.25. The summed E-state index contributed by atoms with van der Waals surface area (Å²) in [4.78, 5) is 0. The molecule has 2 rings (SSSR count). The van der Waals surface area contributed by atoms with Crippen LogP contribution in [0.15, 0.2) is 0 Å². The summed E-state index contributed by atoms with van der Waals surface area (Å²) in [5, 5.41) is 3.57. The first-order chi connectivity index (χ1) is 5.86. The summed E-state index contributed by atoms with van der Waals surface area (Å²) < 4.78 is 5.11. The molecule has 1 saturated carbocycles. The average Bonchev–Trinajstić information content (AvgIpc) is 2.33. The van der Waals surface area contributed by atoms with Gasteiger partial charge in [-0.05, 0) is 24.8 Å². The number of hydrogen-bond acceptors (Lipinski definition) is 2. The first kappa shape index (κ1) is 8.52. The third-order valence-electron chi connectivity index (χ3n) is 3.35. The van der Waals surface area contributed by atoms with Crippen molar-refractivity contribution < 1.29 is 4.74 Å². The van der Waals surface area contributed by atoms with Crippen molar-refractivity contribution in [1.29, 1.82) is 0 Å². The van der Waals surface area contributed by atoms with Crippen LogP contribution in [0.1, 0.15) is 26.2 Å². The third kappa shape index (κ3) is 1.80. The maximum atomic E-state index is 5.11. The number of ether oxygens (including phenoxy) is 1.